The van der Waals surface area contributed by atoms with Gasteiger partial charge in [-0.1, -0.05) is 0 Å². The molecule has 3 heterocycles. The number of unbranched alkanes of at least 4 members (excludes halogenated alkanes) is 1. The summed E-state index contributed by atoms with van der Waals surface area (Å²) in [6.45, 7) is 3.61. The van der Waals surface area contributed by atoms with Gasteiger partial charge in [-0.2, -0.15) is 0 Å². The van der Waals surface area contributed by atoms with E-state index in [4.69, 9.17) is 5.73 Å². The summed E-state index contributed by atoms with van der Waals surface area (Å²) in [6, 6.07) is 1.49. The molecule has 0 aliphatic carbocycles. The number of hydrogen-bond donors (Lipinski definition) is 3. The summed E-state index contributed by atoms with van der Waals surface area (Å²) in [6.07, 6.45) is 4.21. The third kappa shape index (κ3) is 3.37. The van der Waals surface area contributed by atoms with Gasteiger partial charge < -0.3 is 21.1 Å². The molecule has 4 N–H and O–H groups in total. The van der Waals surface area contributed by atoms with Crippen LogP contribution in [0.25, 0.3) is 6.08 Å². The lowest BCUT2D eigenvalue weighted by molar-refractivity contribution is -0.152. The zero-order valence-corrected chi connectivity index (χ0v) is 17.5. The minimum atomic E-state index is -3.97. The van der Waals surface area contributed by atoms with Crippen molar-refractivity contribution in [2.45, 2.75) is 42.9 Å². The molecule has 1 unspecified atom stereocenters. The van der Waals surface area contributed by atoms with Gasteiger partial charge in [0.2, 0.25) is 0 Å². The summed E-state index contributed by atoms with van der Waals surface area (Å²) in [5.41, 5.74) is 5.91. The van der Waals surface area contributed by atoms with Crippen molar-refractivity contribution < 1.29 is 27.9 Å². The highest BCUT2D eigenvalue weighted by Gasteiger charge is 2.70. The largest absolute Gasteiger partial charge is 0.480 e. The molecule has 30 heavy (non-hydrogen) atoms. The molecule has 3 rings (SSSR count). The Morgan fingerprint density at radius 1 is 1.37 bits per heavy atom. The van der Waals surface area contributed by atoms with Crippen LogP contribution in [0.4, 0.5) is 0 Å². The Labute approximate surface area is 174 Å². The first-order chi connectivity index (χ1) is 14.0. The Balaban J connectivity index is 1.86. The summed E-state index contributed by atoms with van der Waals surface area (Å²) in [5.74, 6) is -2.36. The molecule has 2 atom stereocenters. The summed E-state index contributed by atoms with van der Waals surface area (Å²) < 4.78 is 24.2. The van der Waals surface area contributed by atoms with Crippen molar-refractivity contribution in [3.05, 3.63) is 35.2 Å². The molecular formula is C19H24N4O6S. The number of carbonyl (C=O) groups is 3. The molecule has 2 saturated heterocycles. The normalized spacial score (nSPS) is 25.0. The van der Waals surface area contributed by atoms with E-state index in [1.54, 1.807) is 0 Å². The molecule has 2 aliphatic rings. The van der Waals surface area contributed by atoms with Crippen LogP contribution in [0.5, 0.6) is 0 Å². The number of nitrogens with zero attached hydrogens (tertiary/aromatic N) is 2. The van der Waals surface area contributed by atoms with E-state index in [1.165, 1.54) is 38.3 Å². The van der Waals surface area contributed by atoms with E-state index < -0.39 is 37.9 Å². The highest BCUT2D eigenvalue weighted by atomic mass is 32.2. The number of β-lactam (4-membered cyclic amide) rings is 1. The van der Waals surface area contributed by atoms with Gasteiger partial charge in [0.15, 0.2) is 21.3 Å². The summed E-state index contributed by atoms with van der Waals surface area (Å²) in [7, 11) is -3.97. The number of pyridine rings is 1. The predicted octanol–water partition coefficient (Wildman–Crippen LogP) is -0.238. The Morgan fingerprint density at radius 3 is 2.70 bits per heavy atom. The van der Waals surface area contributed by atoms with Crippen LogP contribution in [0.3, 0.4) is 0 Å². The number of carboxylic acid groups (broad SMARTS) is 1. The second-order valence-corrected chi connectivity index (χ2v) is 10.4. The third-order valence-electron chi connectivity index (χ3n) is 5.46. The minimum Gasteiger partial charge on any atom is -0.480 e. The van der Waals surface area contributed by atoms with Crippen molar-refractivity contribution in [2.75, 3.05) is 13.1 Å². The van der Waals surface area contributed by atoms with Gasteiger partial charge in [-0.15, -0.1) is 0 Å². The Morgan fingerprint density at radius 2 is 2.07 bits per heavy atom. The zero-order chi connectivity index (χ0) is 22.3. The summed E-state index contributed by atoms with van der Waals surface area (Å²) >= 11 is 0. The van der Waals surface area contributed by atoms with E-state index in [-0.39, 0.29) is 17.2 Å². The van der Waals surface area contributed by atoms with Gasteiger partial charge in [0.25, 0.3) is 11.8 Å². The molecule has 0 saturated carbocycles. The maximum Gasteiger partial charge on any atom is 0.328 e. The van der Waals surface area contributed by atoms with Crippen LogP contribution in [-0.4, -0.2) is 70.4 Å². The minimum absolute atomic E-state index is 0.0557. The van der Waals surface area contributed by atoms with E-state index in [0.717, 1.165) is 17.7 Å². The quantitative estimate of drug-likeness (QED) is 0.300. The lowest BCUT2D eigenvalue weighted by atomic mass is 9.95. The first kappa shape index (κ1) is 21.9. The highest BCUT2D eigenvalue weighted by molar-refractivity contribution is 7.94. The second kappa shape index (κ2) is 7.80. The van der Waals surface area contributed by atoms with Crippen LogP contribution in [0.2, 0.25) is 0 Å². The number of carboxylic acids is 1. The van der Waals surface area contributed by atoms with Crippen LogP contribution in [-0.2, 0) is 19.4 Å². The van der Waals surface area contributed by atoms with Crippen molar-refractivity contribution in [3.63, 3.8) is 0 Å². The van der Waals surface area contributed by atoms with Gasteiger partial charge in [0.05, 0.1) is 11.3 Å². The maximum absolute atomic E-state index is 12.9. The molecule has 0 aromatic carbocycles. The van der Waals surface area contributed by atoms with Crippen molar-refractivity contribution in [3.8, 4) is 0 Å². The van der Waals surface area contributed by atoms with E-state index in [9.17, 15) is 27.9 Å². The van der Waals surface area contributed by atoms with E-state index in [2.05, 4.69) is 10.3 Å². The van der Waals surface area contributed by atoms with Crippen molar-refractivity contribution in [1.82, 2.24) is 15.2 Å². The van der Waals surface area contributed by atoms with E-state index >= 15 is 0 Å². The Hall–Kier alpha value is -2.79. The first-order valence-electron chi connectivity index (χ1n) is 9.49. The van der Waals surface area contributed by atoms with Crippen LogP contribution in [0.1, 0.15) is 42.7 Å². The standard InChI is InChI=1S/C19H24N4O6S/c1-19(2)14(18(26)27)23-16(25)13(17(23)30(19,28)29)10-12-9-11(5-8-21-12)15(24)22-7-4-3-6-20/h5,8-10,14,17H,3-4,6-7,20H2,1-2H3,(H,22,24)(H,26,27)/b13-10-/t14-,17?/m0/s1. The predicted molar refractivity (Wildman–Crippen MR) is 108 cm³/mol. The zero-order valence-electron chi connectivity index (χ0n) is 16.7. The number of fused-ring (bicyclic) bond motifs is 1. The monoisotopic (exact) mass is 436 g/mol. The van der Waals surface area contributed by atoms with Crippen LogP contribution >= 0.6 is 0 Å². The number of sulfone groups is 1. The van der Waals surface area contributed by atoms with E-state index in [0.29, 0.717) is 18.7 Å². The van der Waals surface area contributed by atoms with Crippen LogP contribution in [0.15, 0.2) is 23.9 Å². The topological polar surface area (TPSA) is 160 Å². The highest BCUT2D eigenvalue weighted by Crippen LogP contribution is 2.48. The van der Waals surface area contributed by atoms with Gasteiger partial charge in [-0.05, 0) is 51.4 Å². The summed E-state index contributed by atoms with van der Waals surface area (Å²) in [4.78, 5) is 41.4. The summed E-state index contributed by atoms with van der Waals surface area (Å²) in [5, 5.41) is 10.9. The fraction of sp³-hybridized carbons (Fsp3) is 0.474. The fourth-order valence-corrected chi connectivity index (χ4v) is 5.86. The van der Waals surface area contributed by atoms with Crippen LogP contribution in [0, 0.1) is 0 Å². The number of carbonyl (C=O) groups excluding carboxylic acids is 2. The number of amides is 2. The first-order valence-corrected chi connectivity index (χ1v) is 11.0. The average molecular weight is 436 g/mol. The molecule has 0 bridgehead atoms. The van der Waals surface area contributed by atoms with Gasteiger partial charge in [0, 0.05) is 18.3 Å². The molecule has 11 heteroatoms. The Bertz CT molecular complexity index is 1030. The molecule has 1 aromatic heterocycles. The third-order valence-corrected chi connectivity index (χ3v) is 8.22. The molecule has 0 spiro atoms. The van der Waals surface area contributed by atoms with Crippen molar-refractivity contribution in [1.29, 1.82) is 0 Å². The molecule has 0 radical (unpaired) electrons. The second-order valence-electron chi connectivity index (χ2n) is 7.77. The van der Waals surface area contributed by atoms with E-state index in [1.807, 2.05) is 0 Å². The number of aromatic nitrogens is 1. The smallest absolute Gasteiger partial charge is 0.328 e. The Kier molecular flexibility index (Phi) is 5.70. The molecule has 1 aromatic rings. The SMILES string of the molecule is CC1(C)[C@H](C(=O)O)N2C(=O)/C(=C/c3cc(C(=O)NCCCCN)ccn3)C2S1(=O)=O. The van der Waals surface area contributed by atoms with Gasteiger partial charge in [-0.25, -0.2) is 13.2 Å². The molecule has 10 nitrogen and oxygen atoms in total. The molecule has 2 fully saturated rings. The number of nitrogens with two attached hydrogens (primary N) is 1. The number of aliphatic carboxylic acids is 1. The molecule has 162 valence electrons. The van der Waals surface area contributed by atoms with Crippen LogP contribution < -0.4 is 11.1 Å². The lowest BCUT2D eigenvalue weighted by Crippen LogP contribution is -2.58. The van der Waals surface area contributed by atoms with Gasteiger partial charge in [-0.3, -0.25) is 14.6 Å². The van der Waals surface area contributed by atoms with Crippen molar-refractivity contribution in [2.24, 2.45) is 5.73 Å². The lowest BCUT2D eigenvalue weighted by Gasteiger charge is -2.37. The number of rotatable bonds is 7. The van der Waals surface area contributed by atoms with Gasteiger partial charge >= 0.3 is 5.97 Å². The van der Waals surface area contributed by atoms with Crippen molar-refractivity contribution >= 4 is 33.7 Å². The average Bonchev–Trinajstić information content (AvgIpc) is 2.83. The maximum atomic E-state index is 12.9. The number of hydrogen-bond acceptors (Lipinski definition) is 7. The molecule has 2 amide bonds. The molecule has 2 aliphatic heterocycles. The molecular weight excluding hydrogens is 412 g/mol. The fourth-order valence-electron chi connectivity index (χ4n) is 3.74. The number of nitrogens with one attached hydrogen (secondary N) is 1. The van der Waals surface area contributed by atoms with Gasteiger partial charge in [0.1, 0.15) is 4.75 Å².